The van der Waals surface area contributed by atoms with Crippen molar-refractivity contribution in [3.63, 3.8) is 0 Å². The van der Waals surface area contributed by atoms with E-state index in [1.807, 2.05) is 6.92 Å². The van der Waals surface area contributed by atoms with Gasteiger partial charge in [0.1, 0.15) is 5.69 Å². The van der Waals surface area contributed by atoms with E-state index in [0.717, 1.165) is 12.8 Å². The summed E-state index contributed by atoms with van der Waals surface area (Å²) in [5, 5.41) is 10.7. The molecule has 0 radical (unpaired) electrons. The van der Waals surface area contributed by atoms with Crippen LogP contribution in [0, 0.1) is 16.0 Å². The number of hydrogen-bond acceptors (Lipinski definition) is 4. The molecule has 0 heterocycles. The van der Waals surface area contributed by atoms with E-state index in [9.17, 15) is 14.9 Å². The van der Waals surface area contributed by atoms with Crippen molar-refractivity contribution in [1.29, 1.82) is 0 Å². The lowest BCUT2D eigenvalue weighted by molar-refractivity contribution is -0.383. The number of nitrogens with zero attached hydrogens (tertiary/aromatic N) is 2. The maximum Gasteiger partial charge on any atom is 0.292 e. The molecule has 1 aromatic carbocycles. The zero-order valence-electron chi connectivity index (χ0n) is 12.8. The zero-order valence-corrected chi connectivity index (χ0v) is 12.8. The van der Waals surface area contributed by atoms with Gasteiger partial charge < -0.3 is 10.6 Å². The molecular formula is C15H23N3O3. The van der Waals surface area contributed by atoms with Crippen LogP contribution in [0.15, 0.2) is 18.2 Å². The van der Waals surface area contributed by atoms with Crippen molar-refractivity contribution in [2.45, 2.75) is 33.6 Å². The van der Waals surface area contributed by atoms with Gasteiger partial charge in [-0.15, -0.1) is 0 Å². The topological polar surface area (TPSA) is 89.5 Å². The minimum Gasteiger partial charge on any atom is -0.393 e. The van der Waals surface area contributed by atoms with Crippen LogP contribution in [-0.2, 0) is 0 Å². The lowest BCUT2D eigenvalue weighted by Gasteiger charge is -2.25. The molecule has 0 unspecified atom stereocenters. The van der Waals surface area contributed by atoms with Crippen LogP contribution in [-0.4, -0.2) is 28.8 Å². The van der Waals surface area contributed by atoms with E-state index in [4.69, 9.17) is 5.73 Å². The molecule has 0 atom stereocenters. The quantitative estimate of drug-likeness (QED) is 0.475. The highest BCUT2D eigenvalue weighted by Crippen LogP contribution is 2.23. The molecule has 0 aliphatic rings. The normalized spacial score (nSPS) is 10.7. The van der Waals surface area contributed by atoms with E-state index in [-0.39, 0.29) is 17.3 Å². The number of rotatable bonds is 7. The number of hydrogen-bond donors (Lipinski definition) is 1. The maximum absolute atomic E-state index is 12.5. The van der Waals surface area contributed by atoms with Gasteiger partial charge in [-0.25, -0.2) is 0 Å². The summed E-state index contributed by atoms with van der Waals surface area (Å²) in [6, 6.07) is 4.13. The Morgan fingerprint density at radius 1 is 1.33 bits per heavy atom. The van der Waals surface area contributed by atoms with Gasteiger partial charge in [0.25, 0.3) is 11.6 Å². The highest BCUT2D eigenvalue weighted by Gasteiger charge is 2.20. The second kappa shape index (κ2) is 7.61. The second-order valence-corrected chi connectivity index (χ2v) is 5.06. The van der Waals surface area contributed by atoms with Crippen molar-refractivity contribution in [3.05, 3.63) is 33.9 Å². The molecule has 1 rings (SSSR count). The summed E-state index contributed by atoms with van der Waals surface area (Å²) in [6.07, 6.45) is 2.03. The Hall–Kier alpha value is -2.11. The van der Waals surface area contributed by atoms with Crippen LogP contribution < -0.4 is 5.73 Å². The third-order valence-electron chi connectivity index (χ3n) is 3.77. The van der Waals surface area contributed by atoms with Crippen molar-refractivity contribution in [3.8, 4) is 0 Å². The third kappa shape index (κ3) is 4.18. The second-order valence-electron chi connectivity index (χ2n) is 5.06. The van der Waals surface area contributed by atoms with Gasteiger partial charge in [0.05, 0.1) is 4.92 Å². The largest absolute Gasteiger partial charge is 0.393 e. The number of amides is 1. The fourth-order valence-corrected chi connectivity index (χ4v) is 2.25. The van der Waals surface area contributed by atoms with Gasteiger partial charge >= 0.3 is 0 Å². The number of anilines is 1. The molecule has 0 aromatic heterocycles. The molecule has 1 amide bonds. The predicted molar refractivity (Wildman–Crippen MR) is 83.2 cm³/mol. The van der Waals surface area contributed by atoms with Gasteiger partial charge in [-0.05, 0) is 25.0 Å². The van der Waals surface area contributed by atoms with E-state index in [2.05, 4.69) is 13.8 Å². The molecule has 6 heteroatoms. The number of carbonyl (C=O) groups is 1. The Balaban J connectivity index is 2.95. The molecule has 2 N–H and O–H groups in total. The van der Waals surface area contributed by atoms with Crippen molar-refractivity contribution in [2.24, 2.45) is 5.92 Å². The van der Waals surface area contributed by atoms with Gasteiger partial charge in [0.15, 0.2) is 0 Å². The van der Waals surface area contributed by atoms with Crippen LogP contribution >= 0.6 is 0 Å². The Morgan fingerprint density at radius 2 is 1.95 bits per heavy atom. The minimum atomic E-state index is -0.550. The summed E-state index contributed by atoms with van der Waals surface area (Å²) >= 11 is 0. The van der Waals surface area contributed by atoms with Gasteiger partial charge in [-0.1, -0.05) is 26.7 Å². The van der Waals surface area contributed by atoms with Crippen LogP contribution in [0.2, 0.25) is 0 Å². The fraction of sp³-hybridized carbons (Fsp3) is 0.533. The molecule has 21 heavy (non-hydrogen) atoms. The molecule has 0 saturated carbocycles. The van der Waals surface area contributed by atoms with E-state index in [1.54, 1.807) is 4.90 Å². The molecule has 1 aromatic rings. The first kappa shape index (κ1) is 16.9. The van der Waals surface area contributed by atoms with Gasteiger partial charge in [-0.2, -0.15) is 0 Å². The summed E-state index contributed by atoms with van der Waals surface area (Å²) in [5.41, 5.74) is 5.88. The van der Waals surface area contributed by atoms with Crippen molar-refractivity contribution in [1.82, 2.24) is 4.90 Å². The summed E-state index contributed by atoms with van der Waals surface area (Å²) in [7, 11) is 0. The predicted octanol–water partition coefficient (Wildman–Crippen LogP) is 3.08. The zero-order chi connectivity index (χ0) is 16.0. The van der Waals surface area contributed by atoms with Gasteiger partial charge in [-0.3, -0.25) is 14.9 Å². The van der Waals surface area contributed by atoms with Crippen molar-refractivity contribution < 1.29 is 9.72 Å². The first-order valence-corrected chi connectivity index (χ1v) is 7.27. The van der Waals surface area contributed by atoms with E-state index in [1.165, 1.54) is 18.2 Å². The molecule has 0 saturated heterocycles. The SMILES string of the molecule is CCC(CC)CN(CC)C(=O)c1ccc([N+](=O)[O-])c(N)c1. The molecule has 0 bridgehead atoms. The van der Waals surface area contributed by atoms with Crippen LogP contribution in [0.4, 0.5) is 11.4 Å². The highest BCUT2D eigenvalue weighted by molar-refractivity contribution is 5.95. The average Bonchev–Trinajstić information content (AvgIpc) is 2.47. The Labute approximate surface area is 125 Å². The van der Waals surface area contributed by atoms with Crippen molar-refractivity contribution in [2.75, 3.05) is 18.8 Å². The fourth-order valence-electron chi connectivity index (χ4n) is 2.25. The summed E-state index contributed by atoms with van der Waals surface area (Å²) < 4.78 is 0. The Kier molecular flexibility index (Phi) is 6.14. The molecule has 6 nitrogen and oxygen atoms in total. The number of nitrogens with two attached hydrogens (primary N) is 1. The first-order chi connectivity index (χ1) is 9.94. The highest BCUT2D eigenvalue weighted by atomic mass is 16.6. The van der Waals surface area contributed by atoms with E-state index in [0.29, 0.717) is 24.6 Å². The van der Waals surface area contributed by atoms with Crippen LogP contribution in [0.25, 0.3) is 0 Å². The lowest BCUT2D eigenvalue weighted by atomic mass is 10.0. The molecule has 0 aliphatic heterocycles. The summed E-state index contributed by atoms with van der Waals surface area (Å²) in [5.74, 6) is 0.329. The maximum atomic E-state index is 12.5. The Morgan fingerprint density at radius 3 is 2.38 bits per heavy atom. The van der Waals surface area contributed by atoms with Crippen LogP contribution in [0.1, 0.15) is 44.0 Å². The monoisotopic (exact) mass is 293 g/mol. The standard InChI is InChI=1S/C15H23N3O3/c1-4-11(5-2)10-17(6-3)15(19)12-7-8-14(18(20)21)13(16)9-12/h7-9,11H,4-6,10,16H2,1-3H3. The molecule has 0 aliphatic carbocycles. The van der Waals surface area contributed by atoms with Crippen LogP contribution in [0.3, 0.4) is 0 Å². The molecule has 0 spiro atoms. The van der Waals surface area contributed by atoms with Gasteiger partial charge in [0.2, 0.25) is 0 Å². The van der Waals surface area contributed by atoms with Crippen LogP contribution in [0.5, 0.6) is 0 Å². The number of nitrogen functional groups attached to an aromatic ring is 1. The molecule has 116 valence electrons. The third-order valence-corrected chi connectivity index (χ3v) is 3.77. The average molecular weight is 293 g/mol. The minimum absolute atomic E-state index is 0.0180. The number of carbonyl (C=O) groups excluding carboxylic acids is 1. The number of nitro groups is 1. The van der Waals surface area contributed by atoms with Gasteiger partial charge in [0, 0.05) is 24.7 Å². The molecule has 0 fully saturated rings. The first-order valence-electron chi connectivity index (χ1n) is 7.27. The lowest BCUT2D eigenvalue weighted by Crippen LogP contribution is -2.35. The summed E-state index contributed by atoms with van der Waals surface area (Å²) in [6.45, 7) is 7.44. The van der Waals surface area contributed by atoms with E-state index < -0.39 is 4.92 Å². The Bertz CT molecular complexity index is 513. The van der Waals surface area contributed by atoms with E-state index >= 15 is 0 Å². The smallest absolute Gasteiger partial charge is 0.292 e. The number of benzene rings is 1. The summed E-state index contributed by atoms with van der Waals surface area (Å²) in [4.78, 5) is 24.4. The number of nitro benzene ring substituents is 1. The van der Waals surface area contributed by atoms with Crippen molar-refractivity contribution >= 4 is 17.3 Å². The molecular weight excluding hydrogens is 270 g/mol.